The molecular weight excluding hydrogens is 304 g/mol. The minimum atomic E-state index is -0.468. The highest BCUT2D eigenvalue weighted by Gasteiger charge is 2.33. The molecule has 1 aliphatic rings. The maximum Gasteiger partial charge on any atom is 0.228 e. The van der Waals surface area contributed by atoms with E-state index >= 15 is 0 Å². The molecule has 2 heterocycles. The van der Waals surface area contributed by atoms with Crippen molar-refractivity contribution in [1.82, 2.24) is 20.6 Å². The molecule has 7 nitrogen and oxygen atoms in total. The summed E-state index contributed by atoms with van der Waals surface area (Å²) in [7, 11) is 0. The number of nitrogens with zero attached hydrogens (tertiary/aromatic N) is 3. The monoisotopic (exact) mass is 324 g/mol. The molecule has 3 atom stereocenters. The molecule has 1 amide bonds. The lowest BCUT2D eigenvalue weighted by Gasteiger charge is -2.35. The van der Waals surface area contributed by atoms with Gasteiger partial charge in [0.2, 0.25) is 11.9 Å². The molecule has 124 valence electrons. The van der Waals surface area contributed by atoms with Gasteiger partial charge in [0.15, 0.2) is 6.29 Å². The number of rotatable bonds is 3. The molecule has 0 bridgehead atoms. The second-order valence-corrected chi connectivity index (χ2v) is 6.16. The fourth-order valence-electron chi connectivity index (χ4n) is 2.93. The molecule has 0 aliphatic carbocycles. The summed E-state index contributed by atoms with van der Waals surface area (Å²) < 4.78 is 0. The normalized spacial score (nSPS) is 23.6. The van der Waals surface area contributed by atoms with Crippen LogP contribution in [-0.4, -0.2) is 28.2 Å². The third-order valence-corrected chi connectivity index (χ3v) is 4.28. The maximum atomic E-state index is 12.1. The fraction of sp³-hybridized carbons (Fsp3) is 0.412. The first-order chi connectivity index (χ1) is 11.5. The van der Waals surface area contributed by atoms with Crippen LogP contribution in [0.1, 0.15) is 24.6 Å². The summed E-state index contributed by atoms with van der Waals surface area (Å²) >= 11 is 0. The lowest BCUT2D eigenvalue weighted by atomic mass is 9.95. The lowest BCUT2D eigenvalue weighted by molar-refractivity contribution is -0.128. The minimum Gasteiger partial charge on any atom is -0.323 e. The topological polar surface area (TPSA) is 103 Å². The van der Waals surface area contributed by atoms with Crippen molar-refractivity contribution in [3.05, 3.63) is 29.5 Å². The van der Waals surface area contributed by atoms with Gasteiger partial charge < -0.3 is 10.6 Å². The first kappa shape index (κ1) is 16.1. The van der Waals surface area contributed by atoms with Gasteiger partial charge in [-0.3, -0.25) is 10.1 Å². The van der Waals surface area contributed by atoms with Gasteiger partial charge in [-0.1, -0.05) is 11.6 Å². The van der Waals surface area contributed by atoms with E-state index in [9.17, 15) is 4.79 Å². The largest absolute Gasteiger partial charge is 0.323 e. The van der Waals surface area contributed by atoms with Gasteiger partial charge >= 0.3 is 0 Å². The number of aryl methyl sites for hydroxylation is 2. The predicted molar refractivity (Wildman–Crippen MR) is 90.9 cm³/mol. The Labute approximate surface area is 140 Å². The van der Waals surface area contributed by atoms with Crippen molar-refractivity contribution in [2.24, 2.45) is 5.92 Å². The first-order valence-corrected chi connectivity index (χ1v) is 7.93. The van der Waals surface area contributed by atoms with Crippen molar-refractivity contribution < 1.29 is 4.79 Å². The van der Waals surface area contributed by atoms with E-state index in [1.165, 1.54) is 0 Å². The lowest BCUT2D eigenvalue weighted by Crippen LogP contribution is -2.63. The Morgan fingerprint density at radius 1 is 1.33 bits per heavy atom. The van der Waals surface area contributed by atoms with E-state index in [4.69, 9.17) is 5.26 Å². The summed E-state index contributed by atoms with van der Waals surface area (Å²) in [5.74, 6) is -0.0451. The number of fused-ring (bicyclic) bond motifs is 1. The Bertz CT molecular complexity index is 828. The van der Waals surface area contributed by atoms with Crippen molar-refractivity contribution in [3.63, 3.8) is 0 Å². The standard InChI is InChI=1S/C17H20N6O/c1-9-4-5-14-13(8-9)11(3)20-16(21-14)23-17-19-10(2)12(6-7-18)15(24)22-17/h4-5,8,10,12,17,19H,6H2,1-3H3,(H,22,24)(H,20,21,23). The summed E-state index contributed by atoms with van der Waals surface area (Å²) in [4.78, 5) is 21.1. The number of carbonyl (C=O) groups excluding carboxylic acids is 1. The molecule has 1 aliphatic heterocycles. The van der Waals surface area contributed by atoms with Crippen LogP contribution in [0.25, 0.3) is 10.9 Å². The molecule has 7 heteroatoms. The van der Waals surface area contributed by atoms with Crippen LogP contribution in [0, 0.1) is 31.1 Å². The zero-order valence-corrected chi connectivity index (χ0v) is 13.9. The first-order valence-electron chi connectivity index (χ1n) is 7.93. The molecule has 3 N–H and O–H groups in total. The molecule has 1 saturated heterocycles. The van der Waals surface area contributed by atoms with E-state index in [1.54, 1.807) is 0 Å². The zero-order chi connectivity index (χ0) is 17.3. The number of nitriles is 1. The highest BCUT2D eigenvalue weighted by molar-refractivity contribution is 5.83. The second-order valence-electron chi connectivity index (χ2n) is 6.16. The quantitative estimate of drug-likeness (QED) is 0.792. The van der Waals surface area contributed by atoms with Crippen molar-refractivity contribution >= 4 is 22.8 Å². The molecule has 1 aromatic carbocycles. The molecule has 2 aromatic rings. The average Bonchev–Trinajstić information content (AvgIpc) is 2.52. The molecule has 1 aromatic heterocycles. The van der Waals surface area contributed by atoms with Gasteiger partial charge in [0.1, 0.15) is 0 Å². The van der Waals surface area contributed by atoms with E-state index in [1.807, 2.05) is 39.0 Å². The van der Waals surface area contributed by atoms with Crippen LogP contribution in [0.5, 0.6) is 0 Å². The van der Waals surface area contributed by atoms with Gasteiger partial charge in [0.05, 0.1) is 23.2 Å². The Morgan fingerprint density at radius 2 is 2.12 bits per heavy atom. The van der Waals surface area contributed by atoms with Crippen LogP contribution in [0.4, 0.5) is 5.95 Å². The van der Waals surface area contributed by atoms with Crippen LogP contribution in [0.2, 0.25) is 0 Å². The Morgan fingerprint density at radius 3 is 2.83 bits per heavy atom. The zero-order valence-electron chi connectivity index (χ0n) is 13.9. The molecule has 0 spiro atoms. The molecule has 3 unspecified atom stereocenters. The summed E-state index contributed by atoms with van der Waals surface area (Å²) in [6.07, 6.45) is -0.276. The average molecular weight is 324 g/mol. The van der Waals surface area contributed by atoms with E-state index < -0.39 is 6.29 Å². The Hall–Kier alpha value is -2.72. The summed E-state index contributed by atoms with van der Waals surface area (Å²) in [6, 6.07) is 7.97. The van der Waals surface area contributed by atoms with Gasteiger partial charge in [-0.25, -0.2) is 9.97 Å². The molecule has 0 saturated carbocycles. The number of amides is 1. The summed E-state index contributed by atoms with van der Waals surface area (Å²) in [6.45, 7) is 5.86. The number of hydrogen-bond acceptors (Lipinski definition) is 6. The van der Waals surface area contributed by atoms with Gasteiger partial charge in [-0.2, -0.15) is 5.26 Å². The number of hydrogen-bond donors (Lipinski definition) is 3. The molecule has 3 rings (SSSR count). The number of aromatic nitrogens is 2. The number of benzene rings is 1. The Kier molecular flexibility index (Phi) is 4.32. The maximum absolute atomic E-state index is 12.1. The number of anilines is 1. The molecular formula is C17H20N6O. The van der Waals surface area contributed by atoms with Crippen LogP contribution in [0.3, 0.4) is 0 Å². The smallest absolute Gasteiger partial charge is 0.228 e. The van der Waals surface area contributed by atoms with E-state index in [-0.39, 0.29) is 24.3 Å². The van der Waals surface area contributed by atoms with E-state index in [0.717, 1.165) is 22.2 Å². The van der Waals surface area contributed by atoms with E-state index in [0.29, 0.717) is 5.95 Å². The van der Waals surface area contributed by atoms with Gasteiger partial charge in [-0.05, 0) is 32.9 Å². The van der Waals surface area contributed by atoms with Gasteiger partial charge in [0, 0.05) is 17.8 Å². The van der Waals surface area contributed by atoms with Crippen LogP contribution in [-0.2, 0) is 4.79 Å². The highest BCUT2D eigenvalue weighted by Crippen LogP contribution is 2.19. The fourth-order valence-corrected chi connectivity index (χ4v) is 2.93. The summed E-state index contributed by atoms with van der Waals surface area (Å²) in [5, 5.41) is 19.0. The van der Waals surface area contributed by atoms with E-state index in [2.05, 4.69) is 32.0 Å². The minimum absolute atomic E-state index is 0.111. The summed E-state index contributed by atoms with van der Waals surface area (Å²) in [5.41, 5.74) is 2.89. The van der Waals surface area contributed by atoms with Crippen molar-refractivity contribution in [2.75, 3.05) is 5.32 Å². The predicted octanol–water partition coefficient (Wildman–Crippen LogP) is 1.58. The molecule has 24 heavy (non-hydrogen) atoms. The van der Waals surface area contributed by atoms with Crippen molar-refractivity contribution in [3.8, 4) is 6.07 Å². The molecule has 1 fully saturated rings. The van der Waals surface area contributed by atoms with Crippen LogP contribution >= 0.6 is 0 Å². The third kappa shape index (κ3) is 3.14. The van der Waals surface area contributed by atoms with Gasteiger partial charge in [0.25, 0.3) is 0 Å². The third-order valence-electron chi connectivity index (χ3n) is 4.28. The SMILES string of the molecule is Cc1ccc2nc(NC3NC(=O)C(CC#N)C(C)N3)nc(C)c2c1. The van der Waals surface area contributed by atoms with Crippen molar-refractivity contribution in [1.29, 1.82) is 5.26 Å². The van der Waals surface area contributed by atoms with Crippen LogP contribution < -0.4 is 16.0 Å². The van der Waals surface area contributed by atoms with Crippen molar-refractivity contribution in [2.45, 2.75) is 39.5 Å². The highest BCUT2D eigenvalue weighted by atomic mass is 16.2. The van der Waals surface area contributed by atoms with Gasteiger partial charge in [-0.15, -0.1) is 0 Å². The number of carbonyl (C=O) groups is 1. The number of nitrogens with one attached hydrogen (secondary N) is 3. The molecule has 0 radical (unpaired) electrons. The van der Waals surface area contributed by atoms with Crippen LogP contribution in [0.15, 0.2) is 18.2 Å². The Balaban J connectivity index is 1.80. The second kappa shape index (κ2) is 6.42.